The van der Waals surface area contributed by atoms with Crippen LogP contribution in [0.15, 0.2) is 0 Å². The third kappa shape index (κ3) is 1.14. The highest BCUT2D eigenvalue weighted by Crippen LogP contribution is 2.46. The van der Waals surface area contributed by atoms with Gasteiger partial charge in [-0.2, -0.15) is 0 Å². The second kappa shape index (κ2) is 2.94. The number of ether oxygens (including phenoxy) is 1. The molecule has 0 saturated carbocycles. The molecule has 4 atom stereocenters. The molecule has 3 rings (SSSR count). The van der Waals surface area contributed by atoms with Crippen molar-refractivity contribution in [2.75, 3.05) is 26.2 Å². The Morgan fingerprint density at radius 2 is 1.77 bits per heavy atom. The van der Waals surface area contributed by atoms with Crippen molar-refractivity contribution in [3.05, 3.63) is 0 Å². The number of fused-ring (bicyclic) bond motifs is 5. The van der Waals surface area contributed by atoms with E-state index in [1.54, 1.807) is 0 Å². The van der Waals surface area contributed by atoms with Crippen molar-refractivity contribution in [3.63, 3.8) is 0 Å². The van der Waals surface area contributed by atoms with Gasteiger partial charge in [0.1, 0.15) is 0 Å². The van der Waals surface area contributed by atoms with Crippen molar-refractivity contribution in [1.82, 2.24) is 4.90 Å². The van der Waals surface area contributed by atoms with Crippen LogP contribution in [-0.4, -0.2) is 43.3 Å². The second-order valence-corrected chi connectivity index (χ2v) is 4.67. The molecule has 3 aliphatic rings. The molecule has 3 aliphatic heterocycles. The third-order valence-corrected chi connectivity index (χ3v) is 3.97. The smallest absolute Gasteiger partial charge is 0.0624 e. The lowest BCUT2D eigenvalue weighted by molar-refractivity contribution is 0.0710. The van der Waals surface area contributed by atoms with Gasteiger partial charge in [-0.3, -0.25) is 0 Å². The minimum atomic E-state index is 0.595. The van der Waals surface area contributed by atoms with Gasteiger partial charge in [-0.1, -0.05) is 0 Å². The molecule has 0 aromatic heterocycles. The Hall–Kier alpha value is -0.120. The zero-order valence-electron chi connectivity index (χ0n) is 7.98. The highest BCUT2D eigenvalue weighted by Gasteiger charge is 2.52. The molecule has 0 amide bonds. The minimum Gasteiger partial charge on any atom is -0.374 e. The first-order valence-corrected chi connectivity index (χ1v) is 5.46. The van der Waals surface area contributed by atoms with Crippen molar-refractivity contribution < 1.29 is 4.74 Å². The topological polar surface area (TPSA) is 38.5 Å². The van der Waals surface area contributed by atoms with Crippen LogP contribution in [0.4, 0.5) is 0 Å². The van der Waals surface area contributed by atoms with Crippen LogP contribution in [0.1, 0.15) is 12.8 Å². The average molecular weight is 182 g/mol. The van der Waals surface area contributed by atoms with Crippen molar-refractivity contribution in [3.8, 4) is 0 Å². The highest BCUT2D eigenvalue weighted by molar-refractivity contribution is 5.02. The van der Waals surface area contributed by atoms with Crippen LogP contribution in [0.2, 0.25) is 0 Å². The molecule has 3 nitrogen and oxygen atoms in total. The number of nitrogens with two attached hydrogens (primary N) is 1. The van der Waals surface area contributed by atoms with E-state index in [1.807, 2.05) is 0 Å². The maximum Gasteiger partial charge on any atom is 0.0624 e. The lowest BCUT2D eigenvalue weighted by Gasteiger charge is -2.18. The van der Waals surface area contributed by atoms with Gasteiger partial charge in [0.2, 0.25) is 0 Å². The third-order valence-electron chi connectivity index (χ3n) is 3.97. The van der Waals surface area contributed by atoms with Crippen LogP contribution in [-0.2, 0) is 4.74 Å². The number of likely N-dealkylation sites (tertiary alicyclic amines) is 1. The fraction of sp³-hybridized carbons (Fsp3) is 1.00. The number of rotatable bonds is 2. The van der Waals surface area contributed by atoms with E-state index in [2.05, 4.69) is 4.90 Å². The van der Waals surface area contributed by atoms with Crippen LogP contribution >= 0.6 is 0 Å². The summed E-state index contributed by atoms with van der Waals surface area (Å²) in [7, 11) is 0. The number of hydrogen-bond donors (Lipinski definition) is 1. The van der Waals surface area contributed by atoms with E-state index in [0.29, 0.717) is 12.2 Å². The molecule has 2 bridgehead atoms. The molecule has 3 saturated heterocycles. The average Bonchev–Trinajstić information content (AvgIpc) is 2.72. The van der Waals surface area contributed by atoms with Crippen LogP contribution < -0.4 is 5.73 Å². The molecule has 2 N–H and O–H groups in total. The zero-order valence-corrected chi connectivity index (χ0v) is 7.98. The molecule has 13 heavy (non-hydrogen) atoms. The highest BCUT2D eigenvalue weighted by atomic mass is 16.5. The first-order valence-electron chi connectivity index (χ1n) is 5.46. The summed E-state index contributed by atoms with van der Waals surface area (Å²) < 4.78 is 5.91. The summed E-state index contributed by atoms with van der Waals surface area (Å²) in [6, 6.07) is 0. The van der Waals surface area contributed by atoms with Crippen molar-refractivity contribution in [2.45, 2.75) is 25.0 Å². The molecule has 0 radical (unpaired) electrons. The summed E-state index contributed by atoms with van der Waals surface area (Å²) in [5, 5.41) is 0. The van der Waals surface area contributed by atoms with Gasteiger partial charge in [0, 0.05) is 38.0 Å². The van der Waals surface area contributed by atoms with E-state index >= 15 is 0 Å². The number of nitrogens with zero attached hydrogens (tertiary/aromatic N) is 1. The molecule has 3 heteroatoms. The summed E-state index contributed by atoms with van der Waals surface area (Å²) in [4.78, 5) is 2.52. The van der Waals surface area contributed by atoms with Gasteiger partial charge < -0.3 is 15.4 Å². The maximum absolute atomic E-state index is 5.91. The van der Waals surface area contributed by atoms with E-state index in [4.69, 9.17) is 10.5 Å². The fourth-order valence-electron chi connectivity index (χ4n) is 3.41. The first-order chi connectivity index (χ1) is 6.38. The second-order valence-electron chi connectivity index (χ2n) is 4.67. The normalized spacial score (nSPS) is 48.7. The van der Waals surface area contributed by atoms with Gasteiger partial charge in [-0.15, -0.1) is 0 Å². The number of hydrogen-bond acceptors (Lipinski definition) is 3. The Balaban J connectivity index is 1.69. The fourth-order valence-corrected chi connectivity index (χ4v) is 3.41. The van der Waals surface area contributed by atoms with Crippen LogP contribution in [0.25, 0.3) is 0 Å². The Morgan fingerprint density at radius 3 is 2.31 bits per heavy atom. The van der Waals surface area contributed by atoms with Gasteiger partial charge >= 0.3 is 0 Å². The Labute approximate surface area is 79.2 Å². The molecule has 0 aromatic rings. The van der Waals surface area contributed by atoms with E-state index in [-0.39, 0.29) is 0 Å². The molecule has 3 heterocycles. The van der Waals surface area contributed by atoms with Crippen LogP contribution in [0.5, 0.6) is 0 Å². The zero-order chi connectivity index (χ0) is 8.84. The Bertz CT molecular complexity index is 191. The monoisotopic (exact) mass is 182 g/mol. The molecule has 0 aromatic carbocycles. The first kappa shape index (κ1) is 8.21. The van der Waals surface area contributed by atoms with Crippen LogP contribution in [0.3, 0.4) is 0 Å². The maximum atomic E-state index is 5.91. The lowest BCUT2D eigenvalue weighted by atomic mass is 9.82. The van der Waals surface area contributed by atoms with E-state index in [9.17, 15) is 0 Å². The van der Waals surface area contributed by atoms with Gasteiger partial charge in [0.05, 0.1) is 12.2 Å². The van der Waals surface area contributed by atoms with Crippen molar-refractivity contribution in [2.24, 2.45) is 17.6 Å². The largest absolute Gasteiger partial charge is 0.374 e. The molecule has 0 aliphatic carbocycles. The van der Waals surface area contributed by atoms with Gasteiger partial charge in [0.25, 0.3) is 0 Å². The molecule has 0 unspecified atom stereocenters. The summed E-state index contributed by atoms with van der Waals surface area (Å²) in [5.74, 6) is 1.68. The predicted octanol–water partition coefficient (Wildman–Crippen LogP) is 0.0543. The van der Waals surface area contributed by atoms with Gasteiger partial charge in [0.15, 0.2) is 0 Å². The summed E-state index contributed by atoms with van der Waals surface area (Å²) in [6.07, 6.45) is 3.81. The molecule has 3 fully saturated rings. The predicted molar refractivity (Wildman–Crippen MR) is 50.4 cm³/mol. The molecular weight excluding hydrogens is 164 g/mol. The SMILES string of the molecule is NCCN1C[C@H]2[C@H](C1)[C@H]1CC[C@@H]2O1. The van der Waals surface area contributed by atoms with E-state index < -0.39 is 0 Å². The van der Waals surface area contributed by atoms with Gasteiger partial charge in [-0.25, -0.2) is 0 Å². The Morgan fingerprint density at radius 1 is 1.15 bits per heavy atom. The molecule has 74 valence electrons. The van der Waals surface area contributed by atoms with Crippen LogP contribution in [0, 0.1) is 11.8 Å². The van der Waals surface area contributed by atoms with Crippen molar-refractivity contribution in [1.29, 1.82) is 0 Å². The lowest BCUT2D eigenvalue weighted by Crippen LogP contribution is -2.29. The summed E-state index contributed by atoms with van der Waals surface area (Å²) in [6.45, 7) is 4.36. The summed E-state index contributed by atoms with van der Waals surface area (Å²) in [5.41, 5.74) is 5.57. The Kier molecular flexibility index (Phi) is 1.86. The van der Waals surface area contributed by atoms with Gasteiger partial charge in [-0.05, 0) is 12.8 Å². The summed E-state index contributed by atoms with van der Waals surface area (Å²) >= 11 is 0. The minimum absolute atomic E-state index is 0.595. The van der Waals surface area contributed by atoms with E-state index in [1.165, 1.54) is 25.9 Å². The van der Waals surface area contributed by atoms with Crippen molar-refractivity contribution >= 4 is 0 Å². The molecular formula is C10H18N2O. The quantitative estimate of drug-likeness (QED) is 0.656. The molecule has 0 spiro atoms. The standard InChI is InChI=1S/C10H18N2O/c11-3-4-12-5-7-8(6-12)10-2-1-9(7)13-10/h7-10H,1-6,11H2/t7-,8-,9-,10+/m0/s1. The van der Waals surface area contributed by atoms with E-state index in [0.717, 1.165) is 24.9 Å².